The number of morpholine rings is 1. The molecule has 0 bridgehead atoms. The summed E-state index contributed by atoms with van der Waals surface area (Å²) in [7, 11) is 0. The van der Waals surface area contributed by atoms with Gasteiger partial charge in [-0.2, -0.15) is 0 Å². The monoisotopic (exact) mass is 207 g/mol. The highest BCUT2D eigenvalue weighted by atomic mass is 16.6. The summed E-state index contributed by atoms with van der Waals surface area (Å²) in [5.41, 5.74) is 1.08. The van der Waals surface area contributed by atoms with Crippen LogP contribution in [0.3, 0.4) is 0 Å². The molecule has 1 aromatic rings. The molecular weight excluding hydrogens is 194 g/mol. The number of hydrogen-bond acceptors (Lipinski definition) is 3. The zero-order valence-electron chi connectivity index (χ0n) is 8.30. The molecule has 80 valence electrons. The van der Waals surface area contributed by atoms with E-state index in [1.165, 1.54) is 0 Å². The van der Waals surface area contributed by atoms with Crippen molar-refractivity contribution in [3.8, 4) is 0 Å². The van der Waals surface area contributed by atoms with Crippen molar-refractivity contribution in [2.24, 2.45) is 0 Å². The second kappa shape index (κ2) is 4.42. The number of carbonyl (C=O) groups excluding carboxylic acids is 1. The van der Waals surface area contributed by atoms with Gasteiger partial charge < -0.3 is 4.74 Å². The van der Waals surface area contributed by atoms with Crippen LogP contribution in [-0.4, -0.2) is 35.4 Å². The number of hydrogen-bond donors (Lipinski definition) is 1. The molecule has 1 fully saturated rings. The predicted molar refractivity (Wildman–Crippen MR) is 53.4 cm³/mol. The lowest BCUT2D eigenvalue weighted by Gasteiger charge is -2.30. The predicted octanol–water partition coefficient (Wildman–Crippen LogP) is 0.846. The first kappa shape index (κ1) is 10.1. The summed E-state index contributed by atoms with van der Waals surface area (Å²) in [5, 5.41) is 10.3. The van der Waals surface area contributed by atoms with Gasteiger partial charge in [0.05, 0.1) is 12.6 Å². The van der Waals surface area contributed by atoms with Gasteiger partial charge in [0, 0.05) is 0 Å². The van der Waals surface area contributed by atoms with Crippen LogP contribution in [0.4, 0.5) is 0 Å². The van der Waals surface area contributed by atoms with Gasteiger partial charge in [0.2, 0.25) is 0 Å². The standard InChI is InChI=1S/C11H13NO3/c13-11-8-15-7-10(12(11)14)6-9-4-2-1-3-5-9/h1-5,10,14H,6-8H2/t10-/m1/s1. The summed E-state index contributed by atoms with van der Waals surface area (Å²) >= 11 is 0. The quantitative estimate of drug-likeness (QED) is 0.731. The molecule has 0 saturated carbocycles. The van der Waals surface area contributed by atoms with Crippen LogP contribution in [0, 0.1) is 0 Å². The summed E-state index contributed by atoms with van der Waals surface area (Å²) in [6.45, 7) is 0.360. The van der Waals surface area contributed by atoms with Crippen LogP contribution in [-0.2, 0) is 16.0 Å². The number of nitrogens with zero attached hydrogens (tertiary/aromatic N) is 1. The second-order valence-corrected chi connectivity index (χ2v) is 3.60. The molecular formula is C11H13NO3. The summed E-state index contributed by atoms with van der Waals surface area (Å²) in [6, 6.07) is 9.46. The fourth-order valence-electron chi connectivity index (χ4n) is 1.65. The molecule has 1 heterocycles. The maximum absolute atomic E-state index is 11.1. The van der Waals surface area contributed by atoms with E-state index in [9.17, 15) is 10.0 Å². The normalized spacial score (nSPS) is 21.8. The minimum absolute atomic E-state index is 0.0260. The fraction of sp³-hybridized carbons (Fsp3) is 0.364. The van der Waals surface area contributed by atoms with Crippen molar-refractivity contribution < 1.29 is 14.7 Å². The van der Waals surface area contributed by atoms with E-state index in [1.807, 2.05) is 30.3 Å². The summed E-state index contributed by atoms with van der Waals surface area (Å²) in [5.74, 6) is -0.373. The lowest BCUT2D eigenvalue weighted by Crippen LogP contribution is -2.48. The zero-order valence-corrected chi connectivity index (χ0v) is 8.30. The van der Waals surface area contributed by atoms with E-state index in [4.69, 9.17) is 4.74 Å². The Kier molecular flexibility index (Phi) is 2.99. The van der Waals surface area contributed by atoms with E-state index in [2.05, 4.69) is 0 Å². The Labute approximate surface area is 88.0 Å². The van der Waals surface area contributed by atoms with Gasteiger partial charge in [0.1, 0.15) is 6.61 Å². The summed E-state index contributed by atoms with van der Waals surface area (Å²) in [4.78, 5) is 11.1. The summed E-state index contributed by atoms with van der Waals surface area (Å²) in [6.07, 6.45) is 0.614. The highest BCUT2D eigenvalue weighted by Crippen LogP contribution is 2.11. The lowest BCUT2D eigenvalue weighted by molar-refractivity contribution is -0.199. The van der Waals surface area contributed by atoms with Crippen molar-refractivity contribution in [1.29, 1.82) is 0 Å². The first-order valence-corrected chi connectivity index (χ1v) is 4.90. The lowest BCUT2D eigenvalue weighted by atomic mass is 10.1. The van der Waals surface area contributed by atoms with Gasteiger partial charge in [-0.15, -0.1) is 0 Å². The molecule has 4 heteroatoms. The van der Waals surface area contributed by atoms with Crippen LogP contribution in [0.2, 0.25) is 0 Å². The van der Waals surface area contributed by atoms with E-state index in [-0.39, 0.29) is 18.6 Å². The van der Waals surface area contributed by atoms with E-state index in [0.717, 1.165) is 10.6 Å². The Balaban J connectivity index is 2.02. The molecule has 0 aromatic heterocycles. The van der Waals surface area contributed by atoms with Gasteiger partial charge in [-0.1, -0.05) is 30.3 Å². The minimum atomic E-state index is -0.373. The third-order valence-corrected chi connectivity index (χ3v) is 2.45. The van der Waals surface area contributed by atoms with Crippen LogP contribution >= 0.6 is 0 Å². The molecule has 1 amide bonds. The average molecular weight is 207 g/mol. The molecule has 0 radical (unpaired) electrons. The molecule has 1 aliphatic rings. The Morgan fingerprint density at radius 3 is 2.87 bits per heavy atom. The number of rotatable bonds is 2. The van der Waals surface area contributed by atoms with E-state index >= 15 is 0 Å². The number of benzene rings is 1. The van der Waals surface area contributed by atoms with Crippen molar-refractivity contribution in [3.63, 3.8) is 0 Å². The first-order valence-electron chi connectivity index (χ1n) is 4.90. The van der Waals surface area contributed by atoms with Crippen molar-refractivity contribution in [3.05, 3.63) is 35.9 Å². The van der Waals surface area contributed by atoms with Crippen molar-refractivity contribution in [2.75, 3.05) is 13.2 Å². The van der Waals surface area contributed by atoms with Crippen molar-refractivity contribution >= 4 is 5.91 Å². The molecule has 1 aromatic carbocycles. The molecule has 0 aliphatic carbocycles. The highest BCUT2D eigenvalue weighted by Gasteiger charge is 2.27. The number of hydroxylamine groups is 2. The zero-order chi connectivity index (χ0) is 10.7. The summed E-state index contributed by atoms with van der Waals surface area (Å²) < 4.78 is 5.09. The second-order valence-electron chi connectivity index (χ2n) is 3.60. The molecule has 15 heavy (non-hydrogen) atoms. The Bertz CT molecular complexity index is 339. The van der Waals surface area contributed by atoms with Gasteiger partial charge in [-0.05, 0) is 12.0 Å². The van der Waals surface area contributed by atoms with E-state index in [0.29, 0.717) is 13.0 Å². The largest absolute Gasteiger partial charge is 0.369 e. The van der Waals surface area contributed by atoms with E-state index in [1.54, 1.807) is 0 Å². The Morgan fingerprint density at radius 2 is 2.13 bits per heavy atom. The van der Waals surface area contributed by atoms with E-state index < -0.39 is 0 Å². The van der Waals surface area contributed by atoms with Crippen LogP contribution in [0.25, 0.3) is 0 Å². The average Bonchev–Trinajstić information content (AvgIpc) is 2.26. The highest BCUT2D eigenvalue weighted by molar-refractivity contribution is 5.77. The molecule has 1 saturated heterocycles. The smallest absolute Gasteiger partial charge is 0.272 e. The third kappa shape index (κ3) is 2.34. The SMILES string of the molecule is O=C1COC[C@@H](Cc2ccccc2)N1O. The Morgan fingerprint density at radius 1 is 1.40 bits per heavy atom. The van der Waals surface area contributed by atoms with Gasteiger partial charge in [-0.25, -0.2) is 5.06 Å². The van der Waals surface area contributed by atoms with Gasteiger partial charge in [-0.3, -0.25) is 10.0 Å². The van der Waals surface area contributed by atoms with Gasteiger partial charge in [0.15, 0.2) is 0 Å². The minimum Gasteiger partial charge on any atom is -0.369 e. The van der Waals surface area contributed by atoms with Gasteiger partial charge in [0.25, 0.3) is 5.91 Å². The van der Waals surface area contributed by atoms with Crippen LogP contribution < -0.4 is 0 Å². The maximum atomic E-state index is 11.1. The topological polar surface area (TPSA) is 49.8 Å². The molecule has 4 nitrogen and oxygen atoms in total. The maximum Gasteiger partial charge on any atom is 0.272 e. The number of amides is 1. The fourth-order valence-corrected chi connectivity index (χ4v) is 1.65. The Hall–Kier alpha value is -1.39. The molecule has 0 spiro atoms. The molecule has 1 aliphatic heterocycles. The number of ether oxygens (including phenoxy) is 1. The van der Waals surface area contributed by atoms with Crippen molar-refractivity contribution in [1.82, 2.24) is 5.06 Å². The molecule has 1 N–H and O–H groups in total. The van der Waals surface area contributed by atoms with Gasteiger partial charge >= 0.3 is 0 Å². The molecule has 2 rings (SSSR count). The third-order valence-electron chi connectivity index (χ3n) is 2.45. The van der Waals surface area contributed by atoms with Crippen LogP contribution in [0.1, 0.15) is 5.56 Å². The number of carbonyl (C=O) groups is 1. The molecule has 1 atom stereocenters. The van der Waals surface area contributed by atoms with Crippen LogP contribution in [0.5, 0.6) is 0 Å². The van der Waals surface area contributed by atoms with Crippen molar-refractivity contribution in [2.45, 2.75) is 12.5 Å². The molecule has 0 unspecified atom stereocenters. The van der Waals surface area contributed by atoms with Crippen LogP contribution in [0.15, 0.2) is 30.3 Å². The first-order chi connectivity index (χ1) is 7.27.